The van der Waals surface area contributed by atoms with E-state index in [9.17, 15) is 32.4 Å². The number of para-hydroxylation sites is 1. The molecule has 14 nitrogen and oxygen atoms in total. The molecule has 0 fully saturated rings. The standard InChI is InChI=1S/C25H31N5O9S/c1-15-5-3-4-6-20(15)30(25(26)37)17-9-7-16(8-10-17)13-21(31)29-28-18(11-12-40(2,38)39)23(34)27-19(24(35)36)14-22(32)33/h3-10,18-19,28H,11-14H2,1-2H3,(H2,26,37)(H,27,34)(H,29,31)(H,32,33)(H,35,36)/t18?,19-/m0/s1. The second-order valence-electron chi connectivity index (χ2n) is 8.96. The number of hydrogen-bond donors (Lipinski definition) is 6. The van der Waals surface area contributed by atoms with E-state index in [2.05, 4.69) is 10.9 Å². The van der Waals surface area contributed by atoms with E-state index in [1.54, 1.807) is 36.4 Å². The fraction of sp³-hybridized carbons (Fsp3) is 0.320. The lowest BCUT2D eigenvalue weighted by molar-refractivity contribution is -0.147. The Balaban J connectivity index is 2.09. The minimum Gasteiger partial charge on any atom is -0.481 e. The molecular weight excluding hydrogens is 546 g/mol. The van der Waals surface area contributed by atoms with Gasteiger partial charge in [0.1, 0.15) is 21.9 Å². The number of urea groups is 1. The summed E-state index contributed by atoms with van der Waals surface area (Å²) in [5, 5.41) is 20.1. The molecule has 0 heterocycles. The SMILES string of the molecule is Cc1ccccc1N(C(N)=O)c1ccc(CC(=O)NNC(CCS(C)(=O)=O)C(=O)N[C@@H](CC(=O)O)C(=O)O)cc1. The number of benzene rings is 2. The number of sulfone groups is 1. The third-order valence-electron chi connectivity index (χ3n) is 5.61. The quantitative estimate of drug-likeness (QED) is 0.167. The zero-order valence-corrected chi connectivity index (χ0v) is 22.6. The Morgan fingerprint density at radius 3 is 2.12 bits per heavy atom. The molecule has 2 rings (SSSR count). The summed E-state index contributed by atoms with van der Waals surface area (Å²) in [5.74, 6) is -5.16. The Labute approximate surface area is 230 Å². The minimum atomic E-state index is -3.52. The molecule has 7 N–H and O–H groups in total. The third-order valence-corrected chi connectivity index (χ3v) is 6.59. The van der Waals surface area contributed by atoms with Gasteiger partial charge in [0.05, 0.1) is 30.0 Å². The molecule has 216 valence electrons. The fourth-order valence-electron chi connectivity index (χ4n) is 3.61. The van der Waals surface area contributed by atoms with Crippen LogP contribution in [0.15, 0.2) is 48.5 Å². The van der Waals surface area contributed by atoms with Gasteiger partial charge in [0.25, 0.3) is 0 Å². The highest BCUT2D eigenvalue weighted by Gasteiger charge is 2.28. The van der Waals surface area contributed by atoms with Gasteiger partial charge in [-0.25, -0.2) is 23.4 Å². The van der Waals surface area contributed by atoms with Crippen molar-refractivity contribution in [3.05, 3.63) is 59.7 Å². The van der Waals surface area contributed by atoms with Crippen molar-refractivity contribution in [3.63, 3.8) is 0 Å². The van der Waals surface area contributed by atoms with Crippen LogP contribution in [0.4, 0.5) is 16.2 Å². The van der Waals surface area contributed by atoms with Crippen LogP contribution in [0.5, 0.6) is 0 Å². The predicted molar refractivity (Wildman–Crippen MR) is 144 cm³/mol. The maximum Gasteiger partial charge on any atom is 0.326 e. The lowest BCUT2D eigenvalue weighted by Crippen LogP contribution is -2.55. The van der Waals surface area contributed by atoms with E-state index in [0.29, 0.717) is 16.9 Å². The van der Waals surface area contributed by atoms with Crippen LogP contribution in [0.3, 0.4) is 0 Å². The Morgan fingerprint density at radius 1 is 0.975 bits per heavy atom. The highest BCUT2D eigenvalue weighted by atomic mass is 32.2. The van der Waals surface area contributed by atoms with Crippen LogP contribution in [-0.2, 0) is 35.4 Å². The van der Waals surface area contributed by atoms with Crippen molar-refractivity contribution >= 4 is 51.0 Å². The Morgan fingerprint density at radius 2 is 1.60 bits per heavy atom. The van der Waals surface area contributed by atoms with E-state index in [1.807, 2.05) is 24.4 Å². The molecule has 0 saturated heterocycles. The smallest absolute Gasteiger partial charge is 0.326 e. The Bertz CT molecular complexity index is 1360. The number of carboxylic acids is 2. The highest BCUT2D eigenvalue weighted by molar-refractivity contribution is 7.90. The molecule has 40 heavy (non-hydrogen) atoms. The van der Waals surface area contributed by atoms with Crippen molar-refractivity contribution in [2.75, 3.05) is 16.9 Å². The largest absolute Gasteiger partial charge is 0.481 e. The second-order valence-corrected chi connectivity index (χ2v) is 11.2. The molecule has 0 aliphatic heterocycles. The number of nitrogens with zero attached hydrogens (tertiary/aromatic N) is 1. The van der Waals surface area contributed by atoms with Crippen LogP contribution >= 0.6 is 0 Å². The zero-order valence-electron chi connectivity index (χ0n) is 21.8. The summed E-state index contributed by atoms with van der Waals surface area (Å²) in [5.41, 5.74) is 12.7. The lowest BCUT2D eigenvalue weighted by atomic mass is 10.1. The molecule has 0 radical (unpaired) electrons. The van der Waals surface area contributed by atoms with Gasteiger partial charge in [-0.2, -0.15) is 0 Å². The summed E-state index contributed by atoms with van der Waals surface area (Å²) in [6.07, 6.45) is -0.474. The van der Waals surface area contributed by atoms with Crippen LogP contribution in [0.25, 0.3) is 0 Å². The lowest BCUT2D eigenvalue weighted by Gasteiger charge is -2.23. The first kappa shape index (κ1) is 31.7. The number of nitrogens with one attached hydrogen (secondary N) is 3. The molecular formula is C25H31N5O9S. The van der Waals surface area contributed by atoms with Gasteiger partial charge < -0.3 is 21.3 Å². The Kier molecular flexibility index (Phi) is 11.1. The number of rotatable bonds is 14. The number of carbonyl (C=O) groups is 5. The van der Waals surface area contributed by atoms with Crippen molar-refractivity contribution in [2.24, 2.45) is 5.73 Å². The monoisotopic (exact) mass is 577 g/mol. The van der Waals surface area contributed by atoms with Gasteiger partial charge in [-0.3, -0.25) is 24.7 Å². The van der Waals surface area contributed by atoms with Gasteiger partial charge in [0.15, 0.2) is 0 Å². The highest BCUT2D eigenvalue weighted by Crippen LogP contribution is 2.28. The molecule has 1 unspecified atom stereocenters. The number of carboxylic acid groups (broad SMARTS) is 2. The molecule has 0 saturated carbocycles. The zero-order chi connectivity index (χ0) is 30.0. The van der Waals surface area contributed by atoms with Crippen LogP contribution in [-0.4, -0.2) is 72.5 Å². The molecule has 15 heteroatoms. The van der Waals surface area contributed by atoms with Crippen LogP contribution in [0.2, 0.25) is 0 Å². The maximum atomic E-state index is 12.6. The fourth-order valence-corrected chi connectivity index (χ4v) is 4.27. The number of hydrogen-bond acceptors (Lipinski definition) is 8. The van der Waals surface area contributed by atoms with Crippen molar-refractivity contribution in [2.45, 2.75) is 38.3 Å². The number of hydrazine groups is 1. The van der Waals surface area contributed by atoms with Gasteiger partial charge in [0, 0.05) is 6.26 Å². The van der Waals surface area contributed by atoms with Crippen LogP contribution in [0.1, 0.15) is 24.0 Å². The molecule has 0 spiro atoms. The van der Waals surface area contributed by atoms with Gasteiger partial charge in [0.2, 0.25) is 11.8 Å². The third kappa shape index (κ3) is 9.99. The number of nitrogens with two attached hydrogens (primary N) is 1. The number of aliphatic carboxylic acids is 2. The summed E-state index contributed by atoms with van der Waals surface area (Å²) in [6, 6.07) is 9.71. The first-order valence-corrected chi connectivity index (χ1v) is 13.9. The molecule has 2 aromatic carbocycles. The summed E-state index contributed by atoms with van der Waals surface area (Å²) >= 11 is 0. The predicted octanol–water partition coefficient (Wildman–Crippen LogP) is 0.223. The van der Waals surface area contributed by atoms with Gasteiger partial charge >= 0.3 is 18.0 Å². The van der Waals surface area contributed by atoms with Crippen molar-refractivity contribution < 1.29 is 42.6 Å². The number of carbonyl (C=O) groups excluding carboxylic acids is 3. The molecule has 0 aromatic heterocycles. The summed E-state index contributed by atoms with van der Waals surface area (Å²) in [4.78, 5) is 60.8. The van der Waals surface area contributed by atoms with E-state index in [-0.39, 0.29) is 12.8 Å². The minimum absolute atomic E-state index is 0.175. The number of anilines is 2. The van der Waals surface area contributed by atoms with Crippen LogP contribution < -0.4 is 26.8 Å². The average Bonchev–Trinajstić information content (AvgIpc) is 2.84. The second kappa shape index (κ2) is 14.0. The molecule has 0 aliphatic rings. The number of aryl methyl sites for hydroxylation is 1. The van der Waals surface area contributed by atoms with Gasteiger partial charge in [-0.05, 0) is 42.7 Å². The van der Waals surface area contributed by atoms with Gasteiger partial charge in [-0.1, -0.05) is 30.3 Å². The van der Waals surface area contributed by atoms with Crippen molar-refractivity contribution in [1.82, 2.24) is 16.2 Å². The Hall–Kier alpha value is -4.50. The normalized spacial score (nSPS) is 12.6. The van der Waals surface area contributed by atoms with Crippen molar-refractivity contribution in [3.8, 4) is 0 Å². The first-order chi connectivity index (χ1) is 18.7. The van der Waals surface area contributed by atoms with Gasteiger partial charge in [-0.15, -0.1) is 0 Å². The number of amides is 4. The summed E-state index contributed by atoms with van der Waals surface area (Å²) in [7, 11) is -3.52. The van der Waals surface area contributed by atoms with Crippen LogP contribution in [0, 0.1) is 6.92 Å². The van der Waals surface area contributed by atoms with Crippen molar-refractivity contribution in [1.29, 1.82) is 0 Å². The summed E-state index contributed by atoms with van der Waals surface area (Å²) < 4.78 is 23.2. The van der Waals surface area contributed by atoms with E-state index in [1.165, 1.54) is 4.90 Å². The van der Waals surface area contributed by atoms with E-state index >= 15 is 0 Å². The van der Waals surface area contributed by atoms with E-state index in [4.69, 9.17) is 15.9 Å². The molecule has 2 atom stereocenters. The van der Waals surface area contributed by atoms with E-state index in [0.717, 1.165) is 11.8 Å². The maximum absolute atomic E-state index is 12.6. The molecule has 0 aliphatic carbocycles. The molecule has 2 aromatic rings. The first-order valence-electron chi connectivity index (χ1n) is 11.9. The molecule has 0 bridgehead atoms. The van der Waals surface area contributed by atoms with E-state index < -0.39 is 63.9 Å². The topological polar surface area (TPSA) is 225 Å². The number of primary amides is 1. The molecule has 4 amide bonds. The summed E-state index contributed by atoms with van der Waals surface area (Å²) in [6.45, 7) is 1.83. The average molecular weight is 578 g/mol.